The summed E-state index contributed by atoms with van der Waals surface area (Å²) in [5.74, 6) is -14.5. The van der Waals surface area contributed by atoms with Crippen molar-refractivity contribution in [2.75, 3.05) is 0 Å². The van der Waals surface area contributed by atoms with Crippen molar-refractivity contribution in [2.24, 2.45) is 0 Å². The molecular formula is C17H11F5O5S. The minimum Gasteiger partial charge on any atom is -0.487 e. The van der Waals surface area contributed by atoms with E-state index in [0.29, 0.717) is 0 Å². The van der Waals surface area contributed by atoms with Crippen molar-refractivity contribution in [2.45, 2.75) is 30.8 Å². The standard InChI is InChI=1S/C17H11F5O5S/c1-17(2)6-9(23)8-4-3-7(5-10(8)26-17)28(24,25)27-16-14(21)12(19)11(18)13(20)15(16)22/h3-5H,6H2,1-2H3. The molecule has 150 valence electrons. The zero-order valence-electron chi connectivity index (χ0n) is 14.3. The van der Waals surface area contributed by atoms with Crippen molar-refractivity contribution >= 4 is 15.9 Å². The predicted octanol–water partition coefficient (Wildman–Crippen LogP) is 3.89. The first-order valence-corrected chi connectivity index (χ1v) is 9.07. The average molecular weight is 422 g/mol. The number of hydrogen-bond acceptors (Lipinski definition) is 5. The normalized spacial score (nSPS) is 15.8. The lowest BCUT2D eigenvalue weighted by molar-refractivity contribution is 0.0618. The molecule has 2 aromatic rings. The highest BCUT2D eigenvalue weighted by atomic mass is 32.2. The Morgan fingerprint density at radius 2 is 1.50 bits per heavy atom. The molecule has 28 heavy (non-hydrogen) atoms. The molecule has 11 heteroatoms. The van der Waals surface area contributed by atoms with E-state index in [4.69, 9.17) is 4.74 Å². The molecule has 1 aliphatic rings. The molecule has 0 atom stereocenters. The van der Waals surface area contributed by atoms with E-state index >= 15 is 0 Å². The summed E-state index contributed by atoms with van der Waals surface area (Å²) in [6, 6.07) is 2.86. The van der Waals surface area contributed by atoms with Crippen molar-refractivity contribution in [1.29, 1.82) is 0 Å². The van der Waals surface area contributed by atoms with Crippen LogP contribution in [0.3, 0.4) is 0 Å². The second kappa shape index (κ2) is 6.43. The highest BCUT2D eigenvalue weighted by molar-refractivity contribution is 7.87. The highest BCUT2D eigenvalue weighted by Gasteiger charge is 2.35. The van der Waals surface area contributed by atoms with E-state index in [0.717, 1.165) is 18.2 Å². The summed E-state index contributed by atoms with van der Waals surface area (Å²) in [5.41, 5.74) is -0.858. The van der Waals surface area contributed by atoms with Crippen LogP contribution in [-0.2, 0) is 10.1 Å². The molecule has 0 spiro atoms. The summed E-state index contributed by atoms with van der Waals surface area (Å²) < 4.78 is 101. The molecule has 0 radical (unpaired) electrons. The molecule has 0 saturated carbocycles. The minimum atomic E-state index is -5.02. The molecule has 0 unspecified atom stereocenters. The van der Waals surface area contributed by atoms with Crippen LogP contribution in [0.1, 0.15) is 30.6 Å². The van der Waals surface area contributed by atoms with Gasteiger partial charge in [-0.05, 0) is 26.0 Å². The molecule has 0 saturated heterocycles. The van der Waals surface area contributed by atoms with E-state index in [9.17, 15) is 35.2 Å². The van der Waals surface area contributed by atoms with Crippen LogP contribution in [0.2, 0.25) is 0 Å². The number of fused-ring (bicyclic) bond motifs is 1. The fourth-order valence-electron chi connectivity index (χ4n) is 2.60. The van der Waals surface area contributed by atoms with Crippen LogP contribution in [0, 0.1) is 29.1 Å². The first-order valence-electron chi connectivity index (χ1n) is 7.66. The molecule has 1 heterocycles. The summed E-state index contributed by atoms with van der Waals surface area (Å²) in [6.45, 7) is 3.17. The van der Waals surface area contributed by atoms with E-state index in [-0.39, 0.29) is 23.5 Å². The number of carbonyl (C=O) groups is 1. The summed E-state index contributed by atoms with van der Waals surface area (Å²) in [7, 11) is -5.02. The Balaban J connectivity index is 2.06. The van der Waals surface area contributed by atoms with Gasteiger partial charge in [-0.1, -0.05) is 0 Å². The number of Topliss-reactive ketones (excluding diaryl/α,β-unsaturated/α-hetero) is 1. The number of hydrogen-bond donors (Lipinski definition) is 0. The van der Waals surface area contributed by atoms with Gasteiger partial charge < -0.3 is 8.92 Å². The lowest BCUT2D eigenvalue weighted by Gasteiger charge is -2.31. The van der Waals surface area contributed by atoms with Gasteiger partial charge in [-0.2, -0.15) is 17.2 Å². The van der Waals surface area contributed by atoms with Crippen molar-refractivity contribution in [1.82, 2.24) is 0 Å². The predicted molar refractivity (Wildman–Crippen MR) is 84.1 cm³/mol. The topological polar surface area (TPSA) is 69.7 Å². The molecule has 3 rings (SSSR count). The molecule has 0 bridgehead atoms. The molecule has 1 aliphatic heterocycles. The third kappa shape index (κ3) is 3.30. The van der Waals surface area contributed by atoms with Gasteiger partial charge >= 0.3 is 10.1 Å². The molecule has 0 aliphatic carbocycles. The van der Waals surface area contributed by atoms with Crippen LogP contribution in [0.25, 0.3) is 0 Å². The van der Waals surface area contributed by atoms with Gasteiger partial charge in [-0.25, -0.2) is 13.2 Å². The Morgan fingerprint density at radius 1 is 0.964 bits per heavy atom. The number of ketones is 1. The Bertz CT molecular complexity index is 1080. The van der Waals surface area contributed by atoms with Gasteiger partial charge in [-0.3, -0.25) is 4.79 Å². The quantitative estimate of drug-likeness (QED) is 0.325. The Hall–Kier alpha value is -2.69. The van der Waals surface area contributed by atoms with Crippen LogP contribution < -0.4 is 8.92 Å². The Kier molecular flexibility index (Phi) is 4.61. The molecule has 0 aromatic heterocycles. The number of carbonyl (C=O) groups excluding carboxylic acids is 1. The first-order chi connectivity index (χ1) is 12.8. The maximum absolute atomic E-state index is 13.7. The van der Waals surface area contributed by atoms with Gasteiger partial charge in [0.15, 0.2) is 5.78 Å². The number of rotatable bonds is 3. The lowest BCUT2D eigenvalue weighted by atomic mass is 9.93. The molecule has 0 amide bonds. The highest BCUT2D eigenvalue weighted by Crippen LogP contribution is 2.36. The molecular weight excluding hydrogens is 411 g/mol. The van der Waals surface area contributed by atoms with Gasteiger partial charge in [0.2, 0.25) is 34.8 Å². The first kappa shape index (κ1) is 20.1. The number of halogens is 5. The van der Waals surface area contributed by atoms with Gasteiger partial charge in [-0.15, -0.1) is 0 Å². The van der Waals surface area contributed by atoms with Crippen molar-refractivity contribution in [3.8, 4) is 11.5 Å². The van der Waals surface area contributed by atoms with Crippen LogP contribution in [0.15, 0.2) is 23.1 Å². The summed E-state index contributed by atoms with van der Waals surface area (Å²) in [4.78, 5) is 11.4. The maximum Gasteiger partial charge on any atom is 0.339 e. The second-order valence-corrected chi connectivity index (χ2v) is 8.10. The largest absolute Gasteiger partial charge is 0.487 e. The Labute approximate surface area is 155 Å². The minimum absolute atomic E-state index is 0.0349. The fraction of sp³-hybridized carbons (Fsp3) is 0.235. The Morgan fingerprint density at radius 3 is 2.07 bits per heavy atom. The molecule has 0 fully saturated rings. The third-order valence-electron chi connectivity index (χ3n) is 3.88. The van der Waals surface area contributed by atoms with Gasteiger partial charge in [0, 0.05) is 6.07 Å². The zero-order valence-corrected chi connectivity index (χ0v) is 15.1. The monoisotopic (exact) mass is 422 g/mol. The van der Waals surface area contributed by atoms with Crippen molar-refractivity contribution in [3.63, 3.8) is 0 Å². The zero-order chi connectivity index (χ0) is 21.0. The van der Waals surface area contributed by atoms with Crippen LogP contribution in [0.5, 0.6) is 11.5 Å². The van der Waals surface area contributed by atoms with E-state index in [1.807, 2.05) is 0 Å². The average Bonchev–Trinajstić information content (AvgIpc) is 2.60. The SMILES string of the molecule is CC1(C)CC(=O)c2ccc(S(=O)(=O)Oc3c(F)c(F)c(F)c(F)c3F)cc2O1. The van der Waals surface area contributed by atoms with E-state index in [2.05, 4.69) is 4.18 Å². The third-order valence-corrected chi connectivity index (χ3v) is 5.09. The van der Waals surface area contributed by atoms with Crippen LogP contribution in [0.4, 0.5) is 22.0 Å². The smallest absolute Gasteiger partial charge is 0.339 e. The summed E-state index contributed by atoms with van der Waals surface area (Å²) >= 11 is 0. The van der Waals surface area contributed by atoms with Crippen molar-refractivity contribution < 1.29 is 44.1 Å². The molecule has 5 nitrogen and oxygen atoms in total. The van der Waals surface area contributed by atoms with Crippen LogP contribution >= 0.6 is 0 Å². The van der Waals surface area contributed by atoms with Gasteiger partial charge in [0.25, 0.3) is 0 Å². The van der Waals surface area contributed by atoms with Gasteiger partial charge in [0.1, 0.15) is 16.2 Å². The second-order valence-electron chi connectivity index (χ2n) is 6.56. The fourth-order valence-corrected chi connectivity index (χ4v) is 3.55. The number of ether oxygens (including phenoxy) is 1. The van der Waals surface area contributed by atoms with E-state index < -0.39 is 55.5 Å². The van der Waals surface area contributed by atoms with Crippen LogP contribution in [-0.4, -0.2) is 19.8 Å². The maximum atomic E-state index is 13.7. The number of benzene rings is 2. The molecule has 2 aromatic carbocycles. The lowest BCUT2D eigenvalue weighted by Crippen LogP contribution is -2.36. The molecule has 0 N–H and O–H groups in total. The van der Waals surface area contributed by atoms with E-state index in [1.165, 1.54) is 0 Å². The summed E-state index contributed by atoms with van der Waals surface area (Å²) in [5, 5.41) is 0. The van der Waals surface area contributed by atoms with Gasteiger partial charge in [0.05, 0.1) is 12.0 Å². The van der Waals surface area contributed by atoms with Crippen molar-refractivity contribution in [3.05, 3.63) is 52.8 Å². The summed E-state index contributed by atoms with van der Waals surface area (Å²) in [6.07, 6.45) is 0.0349. The van der Waals surface area contributed by atoms with E-state index in [1.54, 1.807) is 13.8 Å².